The fourth-order valence-corrected chi connectivity index (χ4v) is 5.41. The van der Waals surface area contributed by atoms with E-state index in [9.17, 15) is 26.4 Å². The highest BCUT2D eigenvalue weighted by atomic mass is 32.2. The number of rotatable bonds is 7. The first kappa shape index (κ1) is 27.3. The number of nitrogens with zero attached hydrogens (tertiary/aromatic N) is 6. The number of alkyl halides is 3. The van der Waals surface area contributed by atoms with Gasteiger partial charge in [-0.2, -0.15) is 10.1 Å². The SMILES string of the molecule is CS(=O)(=O)C1CCN(c2cc(Cn3nc(-c4nc(-c5ccc(OC(F)(F)F)cc5)no4)ccc3=O)ccn2)CC1. The molecule has 0 aliphatic carbocycles. The van der Waals surface area contributed by atoms with Crippen LogP contribution in [0.25, 0.3) is 23.0 Å². The summed E-state index contributed by atoms with van der Waals surface area (Å²) in [5.41, 5.74) is 1.01. The zero-order valence-corrected chi connectivity index (χ0v) is 21.9. The van der Waals surface area contributed by atoms with E-state index in [2.05, 4.69) is 25.0 Å². The van der Waals surface area contributed by atoms with Crippen LogP contribution < -0.4 is 15.2 Å². The molecule has 0 saturated carbocycles. The molecule has 1 aliphatic heterocycles. The lowest BCUT2D eigenvalue weighted by atomic mass is 10.1. The summed E-state index contributed by atoms with van der Waals surface area (Å²) >= 11 is 0. The molecular weight excluding hydrogens is 553 g/mol. The molecule has 0 N–H and O–H groups in total. The molecule has 0 amide bonds. The molecule has 0 spiro atoms. The molecule has 0 bridgehead atoms. The Hall–Kier alpha value is -4.27. The van der Waals surface area contributed by atoms with Crippen molar-refractivity contribution < 1.29 is 30.8 Å². The van der Waals surface area contributed by atoms with Crippen molar-refractivity contribution in [1.82, 2.24) is 24.9 Å². The van der Waals surface area contributed by atoms with Crippen molar-refractivity contribution in [2.75, 3.05) is 24.2 Å². The Balaban J connectivity index is 1.30. The van der Waals surface area contributed by atoms with Gasteiger partial charge in [-0.15, -0.1) is 13.2 Å². The second-order valence-electron chi connectivity index (χ2n) is 9.25. The Morgan fingerprint density at radius 3 is 2.48 bits per heavy atom. The molecule has 11 nitrogen and oxygen atoms in total. The van der Waals surface area contributed by atoms with E-state index in [0.717, 1.165) is 17.7 Å². The van der Waals surface area contributed by atoms with Crippen molar-refractivity contribution in [3.63, 3.8) is 0 Å². The van der Waals surface area contributed by atoms with Crippen molar-refractivity contribution in [3.05, 3.63) is 70.6 Å². The normalized spacial score (nSPS) is 14.8. The predicted octanol–water partition coefficient (Wildman–Crippen LogP) is 3.32. The Kier molecular flexibility index (Phi) is 7.31. The summed E-state index contributed by atoms with van der Waals surface area (Å²) in [6.45, 7) is 1.24. The van der Waals surface area contributed by atoms with Crippen LogP contribution >= 0.6 is 0 Å². The lowest BCUT2D eigenvalue weighted by Gasteiger charge is -2.32. The zero-order valence-electron chi connectivity index (χ0n) is 21.1. The van der Waals surface area contributed by atoms with Crippen molar-refractivity contribution in [2.24, 2.45) is 0 Å². The molecule has 3 aromatic heterocycles. The van der Waals surface area contributed by atoms with Gasteiger partial charge in [-0.05, 0) is 60.9 Å². The van der Waals surface area contributed by atoms with Gasteiger partial charge in [0.2, 0.25) is 5.82 Å². The fraction of sp³-hybridized carbons (Fsp3) is 0.320. The molecule has 1 fully saturated rings. The molecule has 4 heterocycles. The number of hydrogen-bond donors (Lipinski definition) is 0. The second-order valence-corrected chi connectivity index (χ2v) is 11.6. The van der Waals surface area contributed by atoms with E-state index < -0.39 is 16.2 Å². The van der Waals surface area contributed by atoms with Gasteiger partial charge < -0.3 is 14.2 Å². The van der Waals surface area contributed by atoms with Crippen LogP contribution in [0.2, 0.25) is 0 Å². The van der Waals surface area contributed by atoms with Gasteiger partial charge >= 0.3 is 6.36 Å². The lowest BCUT2D eigenvalue weighted by Crippen LogP contribution is -2.39. The zero-order chi connectivity index (χ0) is 28.5. The van der Waals surface area contributed by atoms with E-state index in [1.54, 1.807) is 12.3 Å². The van der Waals surface area contributed by atoms with Gasteiger partial charge in [-0.3, -0.25) is 4.79 Å². The number of anilines is 1. The number of ether oxygens (including phenoxy) is 1. The van der Waals surface area contributed by atoms with Gasteiger partial charge in [0.15, 0.2) is 0 Å². The summed E-state index contributed by atoms with van der Waals surface area (Å²) in [5, 5.41) is 7.84. The quantitative estimate of drug-likeness (QED) is 0.323. The smallest absolute Gasteiger partial charge is 0.406 e. The molecule has 1 aliphatic rings. The van der Waals surface area contributed by atoms with Gasteiger partial charge in [-0.1, -0.05) is 5.16 Å². The summed E-state index contributed by atoms with van der Waals surface area (Å²) in [6.07, 6.45) is -0.881. The van der Waals surface area contributed by atoms with E-state index in [1.165, 1.54) is 35.2 Å². The number of hydrogen-bond acceptors (Lipinski definition) is 10. The van der Waals surface area contributed by atoms with E-state index in [-0.39, 0.29) is 40.5 Å². The van der Waals surface area contributed by atoms with Crippen LogP contribution in [-0.4, -0.2) is 64.3 Å². The van der Waals surface area contributed by atoms with Crippen LogP contribution in [0.4, 0.5) is 19.0 Å². The van der Waals surface area contributed by atoms with Crippen LogP contribution in [0.5, 0.6) is 5.75 Å². The number of piperidine rings is 1. The first-order valence-electron chi connectivity index (χ1n) is 12.1. The summed E-state index contributed by atoms with van der Waals surface area (Å²) in [7, 11) is -3.09. The van der Waals surface area contributed by atoms with E-state index in [0.29, 0.717) is 37.3 Å². The standard InChI is InChI=1S/C25H23F3N6O5S/c1-40(36,37)19-9-12-33(13-10-19)21-14-16(8-11-29-21)15-34-22(35)7-6-20(31-34)24-30-23(32-39-24)17-2-4-18(5-3-17)38-25(26,27)28/h2-8,11,14,19H,9-10,12-13,15H2,1H3. The highest BCUT2D eigenvalue weighted by Gasteiger charge is 2.31. The molecular formula is C25H23F3N6O5S. The Labute approximate surface area is 226 Å². The van der Waals surface area contributed by atoms with Crippen molar-refractivity contribution in [1.29, 1.82) is 0 Å². The van der Waals surface area contributed by atoms with E-state index in [4.69, 9.17) is 4.52 Å². The molecule has 5 rings (SSSR count). The number of benzene rings is 1. The number of aromatic nitrogens is 5. The maximum absolute atomic E-state index is 12.5. The molecule has 1 saturated heterocycles. The third kappa shape index (κ3) is 6.47. The van der Waals surface area contributed by atoms with Gasteiger partial charge in [0.25, 0.3) is 11.4 Å². The summed E-state index contributed by atoms with van der Waals surface area (Å²) in [5.74, 6) is 0.434. The minimum atomic E-state index is -4.80. The van der Waals surface area contributed by atoms with Crippen LogP contribution in [0, 0.1) is 0 Å². The molecule has 4 aromatic rings. The molecule has 40 heavy (non-hydrogen) atoms. The van der Waals surface area contributed by atoms with E-state index >= 15 is 0 Å². The minimum Gasteiger partial charge on any atom is -0.406 e. The highest BCUT2D eigenvalue weighted by Crippen LogP contribution is 2.27. The Morgan fingerprint density at radius 2 is 1.80 bits per heavy atom. The third-order valence-corrected chi connectivity index (χ3v) is 8.05. The summed E-state index contributed by atoms with van der Waals surface area (Å²) < 4.78 is 71.3. The van der Waals surface area contributed by atoms with Crippen molar-refractivity contribution in [2.45, 2.75) is 31.0 Å². The number of pyridine rings is 1. The maximum Gasteiger partial charge on any atom is 0.573 e. The molecule has 210 valence electrons. The maximum atomic E-state index is 12.5. The minimum absolute atomic E-state index is 0.0172. The fourth-order valence-electron chi connectivity index (χ4n) is 4.34. The van der Waals surface area contributed by atoms with Gasteiger partial charge in [0.05, 0.1) is 11.8 Å². The Morgan fingerprint density at radius 1 is 1.07 bits per heavy atom. The van der Waals surface area contributed by atoms with Crippen LogP contribution in [0.3, 0.4) is 0 Å². The molecule has 0 radical (unpaired) electrons. The van der Waals surface area contributed by atoms with Gasteiger partial charge in [-0.25, -0.2) is 18.1 Å². The predicted molar refractivity (Wildman–Crippen MR) is 137 cm³/mol. The van der Waals surface area contributed by atoms with Crippen molar-refractivity contribution >= 4 is 15.7 Å². The van der Waals surface area contributed by atoms with Gasteiger partial charge in [0, 0.05) is 37.2 Å². The third-order valence-electron chi connectivity index (χ3n) is 6.37. The Bertz CT molecular complexity index is 1660. The molecule has 15 heteroatoms. The first-order chi connectivity index (χ1) is 18.9. The van der Waals surface area contributed by atoms with E-state index in [1.807, 2.05) is 11.0 Å². The van der Waals surface area contributed by atoms with Crippen molar-refractivity contribution in [3.8, 4) is 28.7 Å². The number of sulfone groups is 1. The first-order valence-corrected chi connectivity index (χ1v) is 14.1. The largest absolute Gasteiger partial charge is 0.573 e. The molecule has 1 aromatic carbocycles. The second kappa shape index (κ2) is 10.7. The summed E-state index contributed by atoms with van der Waals surface area (Å²) in [4.78, 5) is 23.2. The van der Waals surface area contributed by atoms with Crippen LogP contribution in [-0.2, 0) is 16.4 Å². The monoisotopic (exact) mass is 576 g/mol. The average Bonchev–Trinajstić information content (AvgIpc) is 3.40. The van der Waals surface area contributed by atoms with Crippen LogP contribution in [0.1, 0.15) is 18.4 Å². The summed E-state index contributed by atoms with van der Waals surface area (Å²) in [6, 6.07) is 11.3. The topological polar surface area (TPSA) is 133 Å². The lowest BCUT2D eigenvalue weighted by molar-refractivity contribution is -0.274. The van der Waals surface area contributed by atoms with Crippen LogP contribution in [0.15, 0.2) is 64.0 Å². The highest BCUT2D eigenvalue weighted by molar-refractivity contribution is 7.91. The number of halogens is 3. The average molecular weight is 577 g/mol. The molecule has 0 atom stereocenters. The molecule has 0 unspecified atom stereocenters. The van der Waals surface area contributed by atoms with Gasteiger partial charge in [0.1, 0.15) is 27.1 Å².